The number of halogens is 2. The first kappa shape index (κ1) is 14.6. The molecule has 0 aliphatic heterocycles. The highest BCUT2D eigenvalue weighted by Crippen LogP contribution is 2.25. The second-order valence-electron chi connectivity index (χ2n) is 3.90. The Hall–Kier alpha value is -1.85. The van der Waals surface area contributed by atoms with Crippen LogP contribution < -0.4 is 10.1 Å². The molecule has 1 N–H and O–H groups in total. The number of nitrogens with one attached hydrogen (secondary N) is 1. The van der Waals surface area contributed by atoms with Gasteiger partial charge in [-0.25, -0.2) is 9.97 Å². The van der Waals surface area contributed by atoms with Crippen LogP contribution in [0.4, 0.5) is 5.69 Å². The maximum atomic E-state index is 11.9. The van der Waals surface area contributed by atoms with Crippen LogP contribution >= 0.6 is 23.2 Å². The molecule has 7 heteroatoms. The van der Waals surface area contributed by atoms with Crippen molar-refractivity contribution in [2.24, 2.45) is 0 Å². The van der Waals surface area contributed by atoms with Gasteiger partial charge in [-0.05, 0) is 17.7 Å². The Balaban J connectivity index is 2.05. The van der Waals surface area contributed by atoms with Crippen molar-refractivity contribution in [2.45, 2.75) is 6.42 Å². The summed E-state index contributed by atoms with van der Waals surface area (Å²) in [5, 5.41) is 2.81. The van der Waals surface area contributed by atoms with Gasteiger partial charge in [-0.2, -0.15) is 0 Å². The van der Waals surface area contributed by atoms with E-state index in [1.165, 1.54) is 6.33 Å². The molecule has 0 saturated heterocycles. The fraction of sp³-hybridized carbons (Fsp3) is 0.154. The zero-order valence-corrected chi connectivity index (χ0v) is 12.1. The molecule has 1 aromatic carbocycles. The Morgan fingerprint density at radius 3 is 2.35 bits per heavy atom. The molecule has 0 aliphatic rings. The summed E-state index contributed by atoms with van der Waals surface area (Å²) in [6.07, 6.45) is 1.41. The molecule has 0 aliphatic carbocycles. The second-order valence-corrected chi connectivity index (χ2v) is 4.62. The number of nitrogens with zero attached hydrogens (tertiary/aromatic N) is 2. The molecule has 2 aromatic rings. The SMILES string of the molecule is COc1ccc(CC(=O)Nc2c(Cl)ncnc2Cl)cc1. The molecule has 1 aromatic heterocycles. The smallest absolute Gasteiger partial charge is 0.228 e. The Bertz CT molecular complexity index is 597. The highest BCUT2D eigenvalue weighted by Gasteiger charge is 2.12. The average Bonchev–Trinajstić information content (AvgIpc) is 2.44. The average molecular weight is 312 g/mol. The van der Waals surface area contributed by atoms with Gasteiger partial charge in [0.1, 0.15) is 17.8 Å². The van der Waals surface area contributed by atoms with E-state index in [1.54, 1.807) is 19.2 Å². The predicted octanol–water partition coefficient (Wildman–Crippen LogP) is 2.97. The van der Waals surface area contributed by atoms with E-state index >= 15 is 0 Å². The molecule has 104 valence electrons. The lowest BCUT2D eigenvalue weighted by Gasteiger charge is -2.08. The molecule has 0 unspecified atom stereocenters. The first-order valence-corrected chi connectivity index (χ1v) is 6.44. The molecule has 0 atom stereocenters. The summed E-state index contributed by atoms with van der Waals surface area (Å²) in [4.78, 5) is 19.4. The van der Waals surface area contributed by atoms with E-state index in [0.29, 0.717) is 0 Å². The Kier molecular flexibility index (Phi) is 4.76. The third kappa shape index (κ3) is 3.59. The van der Waals surface area contributed by atoms with Gasteiger partial charge in [0.2, 0.25) is 5.91 Å². The zero-order valence-electron chi connectivity index (χ0n) is 10.6. The zero-order chi connectivity index (χ0) is 14.5. The fourth-order valence-corrected chi connectivity index (χ4v) is 1.97. The molecule has 5 nitrogen and oxygen atoms in total. The van der Waals surface area contributed by atoms with Crippen molar-refractivity contribution in [1.82, 2.24) is 9.97 Å². The molecule has 1 heterocycles. The van der Waals surface area contributed by atoms with Gasteiger partial charge < -0.3 is 10.1 Å². The lowest BCUT2D eigenvalue weighted by molar-refractivity contribution is -0.115. The van der Waals surface area contributed by atoms with Gasteiger partial charge in [0, 0.05) is 0 Å². The van der Waals surface area contributed by atoms with Crippen LogP contribution in [-0.2, 0) is 11.2 Å². The number of amides is 1. The van der Waals surface area contributed by atoms with E-state index in [1.807, 2.05) is 12.1 Å². The van der Waals surface area contributed by atoms with Crippen LogP contribution in [0.25, 0.3) is 0 Å². The minimum absolute atomic E-state index is 0.105. The van der Waals surface area contributed by atoms with Crippen molar-refractivity contribution in [3.63, 3.8) is 0 Å². The molecule has 0 bridgehead atoms. The number of aromatic nitrogens is 2. The Labute approximate surface area is 125 Å². The van der Waals surface area contributed by atoms with Crippen LogP contribution in [0, 0.1) is 0 Å². The quantitative estimate of drug-likeness (QED) is 0.882. The highest BCUT2D eigenvalue weighted by molar-refractivity contribution is 6.38. The third-order valence-corrected chi connectivity index (χ3v) is 3.12. The van der Waals surface area contributed by atoms with Gasteiger partial charge in [-0.1, -0.05) is 35.3 Å². The van der Waals surface area contributed by atoms with Crippen molar-refractivity contribution >= 4 is 34.8 Å². The highest BCUT2D eigenvalue weighted by atomic mass is 35.5. The normalized spacial score (nSPS) is 10.2. The molecular weight excluding hydrogens is 301 g/mol. The van der Waals surface area contributed by atoms with Crippen molar-refractivity contribution in [3.05, 3.63) is 46.5 Å². The van der Waals surface area contributed by atoms with Crippen molar-refractivity contribution in [3.8, 4) is 5.75 Å². The predicted molar refractivity (Wildman–Crippen MR) is 77.4 cm³/mol. The third-order valence-electron chi connectivity index (χ3n) is 2.54. The van der Waals surface area contributed by atoms with E-state index in [0.717, 1.165) is 11.3 Å². The number of ether oxygens (including phenoxy) is 1. The van der Waals surface area contributed by atoms with Crippen LogP contribution in [0.3, 0.4) is 0 Å². The summed E-state index contributed by atoms with van der Waals surface area (Å²) < 4.78 is 5.05. The standard InChI is InChI=1S/C13H11Cl2N3O2/c1-20-9-4-2-8(3-5-9)6-10(19)18-11-12(14)16-7-17-13(11)15/h2-5,7H,6H2,1H3,(H,18,19). The number of methoxy groups -OCH3 is 1. The molecular formula is C13H11Cl2N3O2. The van der Waals surface area contributed by atoms with E-state index < -0.39 is 0 Å². The molecule has 0 spiro atoms. The van der Waals surface area contributed by atoms with Crippen LogP contribution in [0.15, 0.2) is 30.6 Å². The van der Waals surface area contributed by atoms with Crippen LogP contribution in [0.1, 0.15) is 5.56 Å². The van der Waals surface area contributed by atoms with E-state index in [4.69, 9.17) is 27.9 Å². The first-order chi connectivity index (χ1) is 9.60. The summed E-state index contributed by atoms with van der Waals surface area (Å²) in [7, 11) is 1.58. The first-order valence-electron chi connectivity index (χ1n) is 5.69. The number of carbonyl (C=O) groups is 1. The number of carbonyl (C=O) groups excluding carboxylic acids is 1. The largest absolute Gasteiger partial charge is 0.497 e. The molecule has 2 rings (SSSR count). The second kappa shape index (κ2) is 6.54. The van der Waals surface area contributed by atoms with Gasteiger partial charge in [0.05, 0.1) is 13.5 Å². The van der Waals surface area contributed by atoms with Crippen molar-refractivity contribution < 1.29 is 9.53 Å². The lowest BCUT2D eigenvalue weighted by atomic mass is 10.1. The number of anilines is 1. The summed E-state index contributed by atoms with van der Waals surface area (Å²) in [6, 6.07) is 7.19. The number of rotatable bonds is 4. The lowest BCUT2D eigenvalue weighted by Crippen LogP contribution is -2.15. The Morgan fingerprint density at radius 2 is 1.80 bits per heavy atom. The van der Waals surface area contributed by atoms with Crippen molar-refractivity contribution in [1.29, 1.82) is 0 Å². The molecule has 0 saturated carbocycles. The number of hydrogen-bond acceptors (Lipinski definition) is 4. The minimum atomic E-state index is -0.256. The van der Waals surface area contributed by atoms with Gasteiger partial charge in [-0.3, -0.25) is 4.79 Å². The number of benzene rings is 1. The maximum Gasteiger partial charge on any atom is 0.228 e. The van der Waals surface area contributed by atoms with Crippen molar-refractivity contribution in [2.75, 3.05) is 12.4 Å². The number of hydrogen-bond donors (Lipinski definition) is 1. The fourth-order valence-electron chi connectivity index (χ4n) is 1.56. The van der Waals surface area contributed by atoms with Gasteiger partial charge >= 0.3 is 0 Å². The monoisotopic (exact) mass is 311 g/mol. The minimum Gasteiger partial charge on any atom is -0.497 e. The van der Waals surface area contributed by atoms with Crippen LogP contribution in [0.2, 0.25) is 10.3 Å². The van der Waals surface area contributed by atoms with Gasteiger partial charge in [0.15, 0.2) is 10.3 Å². The summed E-state index contributed by atoms with van der Waals surface area (Å²) in [6.45, 7) is 0. The van der Waals surface area contributed by atoms with Crippen LogP contribution in [0.5, 0.6) is 5.75 Å². The molecule has 0 radical (unpaired) electrons. The topological polar surface area (TPSA) is 64.1 Å². The Morgan fingerprint density at radius 1 is 1.20 bits per heavy atom. The summed E-state index contributed by atoms with van der Waals surface area (Å²) in [5.74, 6) is 0.477. The van der Waals surface area contributed by atoms with Crippen LogP contribution in [-0.4, -0.2) is 23.0 Å². The molecule has 20 heavy (non-hydrogen) atoms. The maximum absolute atomic E-state index is 11.9. The summed E-state index contributed by atoms with van der Waals surface area (Å²) >= 11 is 11.7. The molecule has 0 fully saturated rings. The van der Waals surface area contributed by atoms with E-state index in [9.17, 15) is 4.79 Å². The van der Waals surface area contributed by atoms with E-state index in [-0.39, 0.29) is 28.3 Å². The molecule has 1 amide bonds. The summed E-state index contributed by atoms with van der Waals surface area (Å²) in [5.41, 5.74) is 1.06. The van der Waals surface area contributed by atoms with Gasteiger partial charge in [-0.15, -0.1) is 0 Å². The van der Waals surface area contributed by atoms with Gasteiger partial charge in [0.25, 0.3) is 0 Å². The van der Waals surface area contributed by atoms with E-state index in [2.05, 4.69) is 15.3 Å².